The summed E-state index contributed by atoms with van der Waals surface area (Å²) in [6, 6.07) is 11.7. The van der Waals surface area contributed by atoms with E-state index in [9.17, 15) is 4.79 Å². The third-order valence-electron chi connectivity index (χ3n) is 2.97. The van der Waals surface area contributed by atoms with E-state index in [0.717, 1.165) is 12.2 Å². The Morgan fingerprint density at radius 3 is 2.75 bits per heavy atom. The van der Waals surface area contributed by atoms with Crippen LogP contribution in [-0.4, -0.2) is 12.5 Å². The predicted molar refractivity (Wildman–Crippen MR) is 82.1 cm³/mol. The highest BCUT2D eigenvalue weighted by Crippen LogP contribution is 2.14. The Morgan fingerprint density at radius 1 is 1.25 bits per heavy atom. The molecule has 20 heavy (non-hydrogen) atoms. The summed E-state index contributed by atoms with van der Waals surface area (Å²) >= 11 is 1.68. The second-order valence-corrected chi connectivity index (χ2v) is 5.57. The normalized spacial score (nSPS) is 10.2. The van der Waals surface area contributed by atoms with Crippen LogP contribution in [0.25, 0.3) is 0 Å². The molecule has 0 saturated heterocycles. The molecule has 1 aromatic carbocycles. The number of aryl methyl sites for hydroxylation is 1. The molecule has 1 aromatic heterocycles. The van der Waals surface area contributed by atoms with Gasteiger partial charge in [0, 0.05) is 11.3 Å². The monoisotopic (exact) mass is 289 g/mol. The average molecular weight is 289 g/mol. The van der Waals surface area contributed by atoms with Crippen molar-refractivity contribution in [1.82, 2.24) is 5.32 Å². The van der Waals surface area contributed by atoms with E-state index >= 15 is 0 Å². The van der Waals surface area contributed by atoms with E-state index in [2.05, 4.69) is 18.3 Å². The Labute approximate surface area is 123 Å². The highest BCUT2D eigenvalue weighted by Gasteiger charge is 2.04. The fourth-order valence-corrected chi connectivity index (χ4v) is 2.64. The van der Waals surface area contributed by atoms with Gasteiger partial charge in [-0.05, 0) is 42.5 Å². The van der Waals surface area contributed by atoms with Crippen LogP contribution in [0.5, 0.6) is 5.75 Å². The first kappa shape index (κ1) is 14.6. The van der Waals surface area contributed by atoms with Crippen molar-refractivity contribution in [3.8, 4) is 5.75 Å². The highest BCUT2D eigenvalue weighted by molar-refractivity contribution is 7.10. The Morgan fingerprint density at radius 2 is 2.05 bits per heavy atom. The van der Waals surface area contributed by atoms with Crippen LogP contribution in [0, 0.1) is 6.92 Å². The molecular weight excluding hydrogens is 270 g/mol. The molecule has 1 amide bonds. The number of carbonyl (C=O) groups excluding carboxylic acids is 1. The summed E-state index contributed by atoms with van der Waals surface area (Å²) in [6.07, 6.45) is 1.22. The number of hydrogen-bond donors (Lipinski definition) is 1. The number of para-hydroxylation sites is 1. The summed E-state index contributed by atoms with van der Waals surface area (Å²) in [7, 11) is 0. The molecule has 0 atom stereocenters. The van der Waals surface area contributed by atoms with Crippen LogP contribution in [0.2, 0.25) is 0 Å². The first-order valence-electron chi connectivity index (χ1n) is 6.73. The molecule has 0 aliphatic rings. The van der Waals surface area contributed by atoms with E-state index in [1.54, 1.807) is 11.3 Å². The Kier molecular flexibility index (Phi) is 5.62. The van der Waals surface area contributed by atoms with Crippen molar-refractivity contribution in [2.24, 2.45) is 0 Å². The van der Waals surface area contributed by atoms with Gasteiger partial charge in [-0.25, -0.2) is 0 Å². The maximum Gasteiger partial charge on any atom is 0.220 e. The van der Waals surface area contributed by atoms with Gasteiger partial charge in [-0.15, -0.1) is 11.3 Å². The van der Waals surface area contributed by atoms with Gasteiger partial charge in [-0.2, -0.15) is 0 Å². The topological polar surface area (TPSA) is 38.3 Å². The third-order valence-corrected chi connectivity index (χ3v) is 4.00. The second kappa shape index (κ2) is 7.70. The number of benzene rings is 1. The summed E-state index contributed by atoms with van der Waals surface area (Å²) in [6.45, 7) is 3.25. The van der Waals surface area contributed by atoms with Crippen molar-refractivity contribution in [2.75, 3.05) is 6.61 Å². The minimum Gasteiger partial charge on any atom is -0.494 e. The van der Waals surface area contributed by atoms with Crippen molar-refractivity contribution < 1.29 is 9.53 Å². The molecule has 0 saturated carbocycles. The molecule has 1 N–H and O–H groups in total. The minimum absolute atomic E-state index is 0.0782. The van der Waals surface area contributed by atoms with Crippen molar-refractivity contribution in [2.45, 2.75) is 26.3 Å². The molecule has 0 spiro atoms. The van der Waals surface area contributed by atoms with Crippen LogP contribution in [0.1, 0.15) is 23.3 Å². The Bertz CT molecular complexity index is 536. The van der Waals surface area contributed by atoms with Gasteiger partial charge in [0.25, 0.3) is 0 Å². The van der Waals surface area contributed by atoms with E-state index in [4.69, 9.17) is 4.74 Å². The van der Waals surface area contributed by atoms with Crippen LogP contribution in [0.15, 0.2) is 41.8 Å². The standard InChI is InChI=1S/C16H19NO2S/c1-13-9-11-20-15(13)12-17-16(18)8-5-10-19-14-6-3-2-4-7-14/h2-4,6-7,9,11H,5,8,10,12H2,1H3,(H,17,18). The summed E-state index contributed by atoms with van der Waals surface area (Å²) in [5, 5.41) is 4.99. The number of rotatable bonds is 7. The molecule has 3 nitrogen and oxygen atoms in total. The first-order valence-corrected chi connectivity index (χ1v) is 7.61. The maximum atomic E-state index is 11.7. The zero-order valence-electron chi connectivity index (χ0n) is 11.6. The zero-order valence-corrected chi connectivity index (χ0v) is 12.4. The largest absolute Gasteiger partial charge is 0.494 e. The molecular formula is C16H19NO2S. The van der Waals surface area contributed by atoms with Crippen molar-refractivity contribution in [1.29, 1.82) is 0 Å². The fraction of sp³-hybridized carbons (Fsp3) is 0.312. The number of hydrogen-bond acceptors (Lipinski definition) is 3. The van der Waals surface area contributed by atoms with Gasteiger partial charge in [0.15, 0.2) is 0 Å². The Hall–Kier alpha value is -1.81. The third kappa shape index (κ3) is 4.70. The SMILES string of the molecule is Cc1ccsc1CNC(=O)CCCOc1ccccc1. The van der Waals surface area contributed by atoms with Gasteiger partial charge in [-0.1, -0.05) is 18.2 Å². The van der Waals surface area contributed by atoms with E-state index in [1.807, 2.05) is 35.7 Å². The molecule has 106 valence electrons. The van der Waals surface area contributed by atoms with Gasteiger partial charge in [0.2, 0.25) is 5.91 Å². The predicted octanol–water partition coefficient (Wildman–Crippen LogP) is 3.53. The molecule has 0 unspecified atom stereocenters. The molecule has 1 heterocycles. The first-order chi connectivity index (χ1) is 9.75. The van der Waals surface area contributed by atoms with Crippen LogP contribution in [0.4, 0.5) is 0 Å². The molecule has 0 aliphatic heterocycles. The van der Waals surface area contributed by atoms with E-state index in [1.165, 1.54) is 10.4 Å². The number of thiophene rings is 1. The molecule has 2 rings (SSSR count). The van der Waals surface area contributed by atoms with Crippen LogP contribution < -0.4 is 10.1 Å². The molecule has 4 heteroatoms. The zero-order chi connectivity index (χ0) is 14.2. The van der Waals surface area contributed by atoms with Gasteiger partial charge < -0.3 is 10.1 Å². The fourth-order valence-electron chi connectivity index (χ4n) is 1.79. The van der Waals surface area contributed by atoms with Gasteiger partial charge in [-0.3, -0.25) is 4.79 Å². The number of amides is 1. The van der Waals surface area contributed by atoms with Crippen molar-refractivity contribution in [3.05, 3.63) is 52.2 Å². The van der Waals surface area contributed by atoms with Gasteiger partial charge in [0.05, 0.1) is 13.2 Å². The minimum atomic E-state index is 0.0782. The van der Waals surface area contributed by atoms with E-state index < -0.39 is 0 Å². The number of nitrogens with one attached hydrogen (secondary N) is 1. The lowest BCUT2D eigenvalue weighted by Gasteiger charge is -2.06. The summed E-state index contributed by atoms with van der Waals surface area (Å²) in [5.41, 5.74) is 1.24. The summed E-state index contributed by atoms with van der Waals surface area (Å²) < 4.78 is 5.55. The quantitative estimate of drug-likeness (QED) is 0.792. The summed E-state index contributed by atoms with van der Waals surface area (Å²) in [4.78, 5) is 12.9. The van der Waals surface area contributed by atoms with E-state index in [-0.39, 0.29) is 5.91 Å². The smallest absolute Gasteiger partial charge is 0.220 e. The van der Waals surface area contributed by atoms with Crippen molar-refractivity contribution >= 4 is 17.2 Å². The van der Waals surface area contributed by atoms with Crippen LogP contribution >= 0.6 is 11.3 Å². The Balaban J connectivity index is 1.60. The van der Waals surface area contributed by atoms with Gasteiger partial charge in [0.1, 0.15) is 5.75 Å². The highest BCUT2D eigenvalue weighted by atomic mass is 32.1. The van der Waals surface area contributed by atoms with Gasteiger partial charge >= 0.3 is 0 Å². The average Bonchev–Trinajstić information content (AvgIpc) is 2.88. The van der Waals surface area contributed by atoms with Crippen molar-refractivity contribution in [3.63, 3.8) is 0 Å². The molecule has 0 aliphatic carbocycles. The lowest BCUT2D eigenvalue weighted by Crippen LogP contribution is -2.22. The molecule has 2 aromatic rings. The lowest BCUT2D eigenvalue weighted by molar-refractivity contribution is -0.121. The molecule has 0 fully saturated rings. The van der Waals surface area contributed by atoms with Crippen LogP contribution in [-0.2, 0) is 11.3 Å². The van der Waals surface area contributed by atoms with Crippen LogP contribution in [0.3, 0.4) is 0 Å². The number of ether oxygens (including phenoxy) is 1. The maximum absolute atomic E-state index is 11.7. The number of carbonyl (C=O) groups is 1. The lowest BCUT2D eigenvalue weighted by atomic mass is 10.2. The summed E-state index contributed by atoms with van der Waals surface area (Å²) in [5.74, 6) is 0.927. The van der Waals surface area contributed by atoms with E-state index in [0.29, 0.717) is 19.6 Å². The molecule has 0 radical (unpaired) electrons. The molecule has 0 bridgehead atoms. The second-order valence-electron chi connectivity index (χ2n) is 4.57.